The zero-order valence-corrected chi connectivity index (χ0v) is 12.0. The van der Waals surface area contributed by atoms with Crippen molar-refractivity contribution in [3.63, 3.8) is 0 Å². The smallest absolute Gasteiger partial charge is 0.0873 e. The quantitative estimate of drug-likeness (QED) is 0.312. The van der Waals surface area contributed by atoms with Gasteiger partial charge in [0, 0.05) is 0 Å². The van der Waals surface area contributed by atoms with Crippen LogP contribution in [-0.2, 0) is 4.74 Å². The van der Waals surface area contributed by atoms with Crippen LogP contribution >= 0.6 is 0 Å². The molecule has 15 heavy (non-hydrogen) atoms. The monoisotopic (exact) mass is 228 g/mol. The molecule has 0 aromatic rings. The Hall–Kier alpha value is -0.243. The number of allylic oxidation sites excluding steroid dienone is 1. The van der Waals surface area contributed by atoms with Crippen LogP contribution in [0.15, 0.2) is 12.3 Å². The van der Waals surface area contributed by atoms with E-state index in [4.69, 9.17) is 4.74 Å². The van der Waals surface area contributed by atoms with Gasteiger partial charge in [-0.1, -0.05) is 58.3 Å². The van der Waals surface area contributed by atoms with Crippen LogP contribution in [0, 0.1) is 0 Å². The maximum Gasteiger partial charge on any atom is 0.0873 e. The van der Waals surface area contributed by atoms with Crippen LogP contribution in [0.4, 0.5) is 0 Å². The highest BCUT2D eigenvalue weighted by Crippen LogP contribution is 2.25. The van der Waals surface area contributed by atoms with Gasteiger partial charge in [0.2, 0.25) is 0 Å². The van der Waals surface area contributed by atoms with Crippen molar-refractivity contribution in [2.75, 3.05) is 6.61 Å². The molecule has 1 nitrogen and oxygen atoms in total. The highest BCUT2D eigenvalue weighted by Gasteiger charge is 2.24. The summed E-state index contributed by atoms with van der Waals surface area (Å²) in [6.07, 6.45) is 6.57. The molecule has 0 heterocycles. The molecule has 0 aliphatic carbocycles. The van der Waals surface area contributed by atoms with Crippen molar-refractivity contribution in [2.45, 2.75) is 64.7 Å². The lowest BCUT2D eigenvalue weighted by Crippen LogP contribution is -2.29. The fourth-order valence-corrected chi connectivity index (χ4v) is 4.81. The van der Waals surface area contributed by atoms with Gasteiger partial charge in [0.05, 0.1) is 20.9 Å². The Morgan fingerprint density at radius 3 is 2.07 bits per heavy atom. The maximum absolute atomic E-state index is 5.44. The topological polar surface area (TPSA) is 9.23 Å². The van der Waals surface area contributed by atoms with Gasteiger partial charge in [0.25, 0.3) is 0 Å². The number of ether oxygens (including phenoxy) is 1. The van der Waals surface area contributed by atoms with E-state index in [-0.39, 0.29) is 0 Å². The Morgan fingerprint density at radius 1 is 1.00 bits per heavy atom. The van der Waals surface area contributed by atoms with Gasteiger partial charge >= 0.3 is 0 Å². The largest absolute Gasteiger partial charge is 0.502 e. The molecule has 2 heteroatoms. The van der Waals surface area contributed by atoms with Gasteiger partial charge in [-0.25, -0.2) is 0 Å². The summed E-state index contributed by atoms with van der Waals surface area (Å²) in [5.41, 5.74) is 0. The summed E-state index contributed by atoms with van der Waals surface area (Å²) in [6, 6.07) is 5.50. The molecule has 0 aromatic heterocycles. The second-order valence-electron chi connectivity index (χ2n) is 4.36. The van der Waals surface area contributed by atoms with Crippen molar-refractivity contribution < 1.29 is 4.74 Å². The van der Waals surface area contributed by atoms with Crippen molar-refractivity contribution in [3.05, 3.63) is 12.3 Å². The molecule has 0 unspecified atom stereocenters. The number of hydrogen-bond acceptors (Lipinski definition) is 1. The summed E-state index contributed by atoms with van der Waals surface area (Å²) in [5, 5.41) is 0. The summed E-state index contributed by atoms with van der Waals surface area (Å²) in [6.45, 7) is 10.1. The fraction of sp³-hybridized carbons (Fsp3) is 0.846. The van der Waals surface area contributed by atoms with E-state index in [1.54, 1.807) is 0 Å². The number of rotatable bonds is 9. The normalized spacial score (nSPS) is 12.3. The Bertz CT molecular complexity index is 154. The third-order valence-electron chi connectivity index (χ3n) is 3.61. The van der Waals surface area contributed by atoms with Gasteiger partial charge in [-0.05, 0) is 12.5 Å². The van der Waals surface area contributed by atoms with Crippen molar-refractivity contribution in [1.82, 2.24) is 0 Å². The van der Waals surface area contributed by atoms with E-state index in [1.807, 2.05) is 6.26 Å². The third kappa shape index (κ3) is 6.03. The van der Waals surface area contributed by atoms with E-state index < -0.39 is 8.07 Å². The SMILES string of the molecule is CCCCO/C=C\C[Si](CC)(CC)CC. The molecule has 0 aromatic carbocycles. The minimum absolute atomic E-state index is 0.881. The lowest BCUT2D eigenvalue weighted by Gasteiger charge is -2.26. The molecule has 0 spiro atoms. The average molecular weight is 228 g/mol. The average Bonchev–Trinajstić information content (AvgIpc) is 2.29. The number of unbranched alkanes of at least 4 members (excludes halogenated alkanes) is 1. The van der Waals surface area contributed by atoms with Crippen molar-refractivity contribution >= 4 is 8.07 Å². The predicted octanol–water partition coefficient (Wildman–Crippen LogP) is 4.83. The number of hydrogen-bond donors (Lipinski definition) is 0. The zero-order chi connectivity index (χ0) is 11.6. The molecule has 0 saturated carbocycles. The van der Waals surface area contributed by atoms with E-state index in [0.29, 0.717) is 0 Å². The highest BCUT2D eigenvalue weighted by atomic mass is 28.3. The summed E-state index contributed by atoms with van der Waals surface area (Å²) in [4.78, 5) is 0. The molecule has 0 aliphatic heterocycles. The molecule has 0 radical (unpaired) electrons. The second kappa shape index (κ2) is 9.02. The standard InChI is InChI=1S/C13H28OSi/c1-5-9-11-14-12-10-13-15(6-2,7-3)8-4/h10,12H,5-9,11,13H2,1-4H3/b12-10-. The Balaban J connectivity index is 3.78. The lowest BCUT2D eigenvalue weighted by atomic mass is 10.4. The molecule has 0 fully saturated rings. The molecule has 0 saturated heterocycles. The lowest BCUT2D eigenvalue weighted by molar-refractivity contribution is 0.243. The fourth-order valence-electron chi connectivity index (χ4n) is 1.84. The van der Waals surface area contributed by atoms with Crippen LogP contribution in [-0.4, -0.2) is 14.7 Å². The first-order valence-electron chi connectivity index (χ1n) is 6.51. The molecule has 0 bridgehead atoms. The van der Waals surface area contributed by atoms with Gasteiger partial charge in [0.1, 0.15) is 0 Å². The zero-order valence-electron chi connectivity index (χ0n) is 11.0. The molecule has 0 aliphatic rings. The summed E-state index contributed by atoms with van der Waals surface area (Å²) in [5.74, 6) is 0. The van der Waals surface area contributed by atoms with E-state index in [0.717, 1.165) is 6.61 Å². The van der Waals surface area contributed by atoms with Gasteiger partial charge in [-0.3, -0.25) is 0 Å². The van der Waals surface area contributed by atoms with Crippen molar-refractivity contribution in [1.29, 1.82) is 0 Å². The minimum Gasteiger partial charge on any atom is -0.502 e. The Kier molecular flexibility index (Phi) is 8.87. The molecular formula is C13H28OSi. The summed E-state index contributed by atoms with van der Waals surface area (Å²) in [7, 11) is -0.953. The van der Waals surface area contributed by atoms with Gasteiger partial charge < -0.3 is 4.74 Å². The summed E-state index contributed by atoms with van der Waals surface area (Å²) < 4.78 is 5.44. The van der Waals surface area contributed by atoms with Crippen LogP contribution in [0.2, 0.25) is 24.2 Å². The van der Waals surface area contributed by atoms with E-state index >= 15 is 0 Å². The van der Waals surface area contributed by atoms with Gasteiger partial charge in [0.15, 0.2) is 0 Å². The van der Waals surface area contributed by atoms with E-state index in [1.165, 1.54) is 37.0 Å². The maximum atomic E-state index is 5.44. The molecular weight excluding hydrogens is 200 g/mol. The Labute approximate surface area is 96.9 Å². The second-order valence-corrected chi connectivity index (χ2v) is 9.89. The van der Waals surface area contributed by atoms with Gasteiger partial charge in [-0.15, -0.1) is 0 Å². The van der Waals surface area contributed by atoms with Crippen LogP contribution in [0.5, 0.6) is 0 Å². The van der Waals surface area contributed by atoms with E-state index in [2.05, 4.69) is 33.8 Å². The molecule has 0 rings (SSSR count). The highest BCUT2D eigenvalue weighted by molar-refractivity contribution is 6.80. The van der Waals surface area contributed by atoms with E-state index in [9.17, 15) is 0 Å². The van der Waals surface area contributed by atoms with Crippen molar-refractivity contribution in [2.24, 2.45) is 0 Å². The van der Waals surface area contributed by atoms with Crippen LogP contribution < -0.4 is 0 Å². The first-order chi connectivity index (χ1) is 7.24. The Morgan fingerprint density at radius 2 is 1.60 bits per heavy atom. The first-order valence-corrected chi connectivity index (χ1v) is 9.34. The third-order valence-corrected chi connectivity index (χ3v) is 9.21. The summed E-state index contributed by atoms with van der Waals surface area (Å²) >= 11 is 0. The van der Waals surface area contributed by atoms with Crippen LogP contribution in [0.25, 0.3) is 0 Å². The first kappa shape index (κ1) is 14.8. The minimum atomic E-state index is -0.953. The molecule has 90 valence electrons. The van der Waals surface area contributed by atoms with Crippen molar-refractivity contribution in [3.8, 4) is 0 Å². The van der Waals surface area contributed by atoms with Crippen LogP contribution in [0.3, 0.4) is 0 Å². The van der Waals surface area contributed by atoms with Gasteiger partial charge in [-0.2, -0.15) is 0 Å². The molecule has 0 atom stereocenters. The molecule has 0 amide bonds. The molecule has 0 N–H and O–H groups in total. The van der Waals surface area contributed by atoms with Crippen LogP contribution in [0.1, 0.15) is 40.5 Å². The predicted molar refractivity (Wildman–Crippen MR) is 72.0 cm³/mol.